The van der Waals surface area contributed by atoms with Gasteiger partial charge in [0.1, 0.15) is 5.75 Å². The summed E-state index contributed by atoms with van der Waals surface area (Å²) in [7, 11) is 0. The van der Waals surface area contributed by atoms with E-state index in [1.165, 1.54) is 0 Å². The van der Waals surface area contributed by atoms with Crippen LogP contribution in [0.5, 0.6) is 5.75 Å². The van der Waals surface area contributed by atoms with Crippen molar-refractivity contribution in [3.8, 4) is 5.75 Å². The first kappa shape index (κ1) is 18.3. The van der Waals surface area contributed by atoms with Crippen LogP contribution in [0.25, 0.3) is 0 Å². The summed E-state index contributed by atoms with van der Waals surface area (Å²) in [6.45, 7) is 3.34. The predicted octanol–water partition coefficient (Wildman–Crippen LogP) is 4.91. The minimum absolute atomic E-state index is 0.0985. The van der Waals surface area contributed by atoms with Gasteiger partial charge in [-0.3, -0.25) is 9.59 Å². The first-order valence-corrected chi connectivity index (χ1v) is 8.18. The Balaban J connectivity index is 2.07. The van der Waals surface area contributed by atoms with Gasteiger partial charge < -0.3 is 10.1 Å². The van der Waals surface area contributed by atoms with Crippen molar-refractivity contribution in [1.82, 2.24) is 0 Å². The van der Waals surface area contributed by atoms with Gasteiger partial charge in [0.25, 0.3) is 5.91 Å². The number of hydrogen-bond acceptors (Lipinski definition) is 3. The second-order valence-electron chi connectivity index (χ2n) is 5.17. The van der Waals surface area contributed by atoms with Gasteiger partial charge in [-0.2, -0.15) is 0 Å². The molecule has 2 aromatic rings. The van der Waals surface area contributed by atoms with E-state index in [2.05, 4.69) is 5.32 Å². The van der Waals surface area contributed by atoms with Crippen LogP contribution in [0.4, 0.5) is 5.69 Å². The van der Waals surface area contributed by atoms with Gasteiger partial charge in [-0.05, 0) is 42.8 Å². The fraction of sp³-hybridized carbons (Fsp3) is 0.222. The molecule has 1 N–H and O–H groups in total. The van der Waals surface area contributed by atoms with E-state index in [1.54, 1.807) is 43.3 Å². The molecule has 0 aliphatic carbocycles. The van der Waals surface area contributed by atoms with E-state index < -0.39 is 0 Å². The minimum atomic E-state index is -0.342. The van der Waals surface area contributed by atoms with Crippen LogP contribution in [-0.2, 0) is 4.79 Å². The third-order valence-electron chi connectivity index (χ3n) is 3.46. The first-order valence-electron chi connectivity index (χ1n) is 7.43. The molecule has 0 fully saturated rings. The highest BCUT2D eigenvalue weighted by Gasteiger charge is 2.14. The monoisotopic (exact) mass is 365 g/mol. The number of rotatable bonds is 6. The molecule has 2 rings (SSSR count). The highest BCUT2D eigenvalue weighted by Crippen LogP contribution is 2.25. The molecule has 0 aliphatic heterocycles. The molecular weight excluding hydrogens is 349 g/mol. The molecule has 0 saturated carbocycles. The largest absolute Gasteiger partial charge is 0.483 e. The minimum Gasteiger partial charge on any atom is -0.483 e. The number of hydrogen-bond donors (Lipinski definition) is 1. The molecule has 1 amide bonds. The van der Waals surface area contributed by atoms with Gasteiger partial charge in [-0.15, -0.1) is 0 Å². The zero-order valence-electron chi connectivity index (χ0n) is 13.4. The van der Waals surface area contributed by atoms with Gasteiger partial charge >= 0.3 is 0 Å². The van der Waals surface area contributed by atoms with Crippen LogP contribution in [0.15, 0.2) is 36.4 Å². The quantitative estimate of drug-likeness (QED) is 0.739. The highest BCUT2D eigenvalue weighted by molar-refractivity contribution is 6.32. The number of carbonyl (C=O) groups excluding carboxylic acids is 2. The Morgan fingerprint density at radius 3 is 2.62 bits per heavy atom. The number of ether oxygens (including phenoxy) is 1. The topological polar surface area (TPSA) is 55.4 Å². The number of Topliss-reactive ketones (excluding diaryl/α,β-unsaturated/α-hetero) is 1. The summed E-state index contributed by atoms with van der Waals surface area (Å²) in [6.07, 6.45) is 0.324. The van der Waals surface area contributed by atoms with E-state index >= 15 is 0 Å². The van der Waals surface area contributed by atoms with Gasteiger partial charge in [0.2, 0.25) is 0 Å². The summed E-state index contributed by atoms with van der Waals surface area (Å²) in [5.41, 5.74) is 1.77. The SMILES string of the molecule is CCC(=O)c1cc(Cl)ccc1OCC(=O)Nc1cccc(Cl)c1C. The Morgan fingerprint density at radius 1 is 1.17 bits per heavy atom. The lowest BCUT2D eigenvalue weighted by atomic mass is 10.1. The number of nitrogens with one attached hydrogen (secondary N) is 1. The Kier molecular flexibility index (Phi) is 6.23. The molecular formula is C18H17Cl2NO3. The Labute approximate surface area is 150 Å². The number of carbonyl (C=O) groups is 2. The summed E-state index contributed by atoms with van der Waals surface area (Å²) in [6, 6.07) is 10.0. The lowest BCUT2D eigenvalue weighted by molar-refractivity contribution is -0.118. The zero-order chi connectivity index (χ0) is 17.7. The number of anilines is 1. The molecule has 0 spiro atoms. The van der Waals surface area contributed by atoms with E-state index in [9.17, 15) is 9.59 Å². The summed E-state index contributed by atoms with van der Waals surface area (Å²) in [5.74, 6) is -0.104. The Bertz CT molecular complexity index is 775. The molecule has 4 nitrogen and oxygen atoms in total. The Morgan fingerprint density at radius 2 is 1.92 bits per heavy atom. The second-order valence-corrected chi connectivity index (χ2v) is 6.01. The third kappa shape index (κ3) is 4.49. The number of benzene rings is 2. The molecule has 0 heterocycles. The van der Waals surface area contributed by atoms with E-state index in [1.807, 2.05) is 6.92 Å². The van der Waals surface area contributed by atoms with Crippen LogP contribution in [-0.4, -0.2) is 18.3 Å². The smallest absolute Gasteiger partial charge is 0.262 e. The van der Waals surface area contributed by atoms with Crippen LogP contribution in [0.2, 0.25) is 10.0 Å². The molecule has 0 atom stereocenters. The van der Waals surface area contributed by atoms with E-state index in [4.69, 9.17) is 27.9 Å². The molecule has 0 aliphatic rings. The third-order valence-corrected chi connectivity index (χ3v) is 4.11. The standard InChI is InChI=1S/C18H17Cl2NO3/c1-3-16(22)13-9-12(19)7-8-17(13)24-10-18(23)21-15-6-4-5-14(20)11(15)2/h4-9H,3,10H2,1-2H3,(H,21,23). The van der Waals surface area contributed by atoms with Gasteiger partial charge in [-0.1, -0.05) is 36.2 Å². The molecule has 126 valence electrons. The molecule has 0 aromatic heterocycles. The molecule has 6 heteroatoms. The lowest BCUT2D eigenvalue weighted by Crippen LogP contribution is -2.21. The van der Waals surface area contributed by atoms with Crippen molar-refractivity contribution in [2.24, 2.45) is 0 Å². The number of ketones is 1. The maximum atomic E-state index is 12.1. The fourth-order valence-corrected chi connectivity index (χ4v) is 2.46. The van der Waals surface area contributed by atoms with Crippen LogP contribution < -0.4 is 10.1 Å². The maximum Gasteiger partial charge on any atom is 0.262 e. The van der Waals surface area contributed by atoms with Crippen molar-refractivity contribution in [3.05, 3.63) is 57.6 Å². The molecule has 2 aromatic carbocycles. The zero-order valence-corrected chi connectivity index (χ0v) is 14.9. The van der Waals surface area contributed by atoms with Gasteiger partial charge in [0, 0.05) is 22.2 Å². The molecule has 0 unspecified atom stereocenters. The lowest BCUT2D eigenvalue weighted by Gasteiger charge is -2.12. The van der Waals surface area contributed by atoms with Crippen LogP contribution >= 0.6 is 23.2 Å². The van der Waals surface area contributed by atoms with Gasteiger partial charge in [0.15, 0.2) is 12.4 Å². The maximum absolute atomic E-state index is 12.1. The molecule has 24 heavy (non-hydrogen) atoms. The van der Waals surface area contributed by atoms with E-state index in [0.717, 1.165) is 5.56 Å². The average Bonchev–Trinajstić information content (AvgIpc) is 2.57. The highest BCUT2D eigenvalue weighted by atomic mass is 35.5. The molecule has 0 bridgehead atoms. The summed E-state index contributed by atoms with van der Waals surface area (Å²) >= 11 is 11.9. The van der Waals surface area contributed by atoms with Crippen molar-refractivity contribution >= 4 is 40.6 Å². The van der Waals surface area contributed by atoms with Gasteiger partial charge in [0.05, 0.1) is 5.56 Å². The molecule has 0 saturated heterocycles. The van der Waals surface area contributed by atoms with Gasteiger partial charge in [-0.25, -0.2) is 0 Å². The van der Waals surface area contributed by atoms with Crippen molar-refractivity contribution in [3.63, 3.8) is 0 Å². The van der Waals surface area contributed by atoms with Crippen LogP contribution in [0.3, 0.4) is 0 Å². The summed E-state index contributed by atoms with van der Waals surface area (Å²) < 4.78 is 5.49. The van der Waals surface area contributed by atoms with Crippen molar-refractivity contribution < 1.29 is 14.3 Å². The van der Waals surface area contributed by atoms with E-state index in [0.29, 0.717) is 33.5 Å². The predicted molar refractivity (Wildman–Crippen MR) is 96.4 cm³/mol. The number of halogens is 2. The average molecular weight is 366 g/mol. The fourth-order valence-electron chi connectivity index (χ4n) is 2.11. The van der Waals surface area contributed by atoms with E-state index in [-0.39, 0.29) is 18.3 Å². The first-order chi connectivity index (χ1) is 11.4. The van der Waals surface area contributed by atoms with Crippen molar-refractivity contribution in [1.29, 1.82) is 0 Å². The van der Waals surface area contributed by atoms with Crippen molar-refractivity contribution in [2.45, 2.75) is 20.3 Å². The number of amides is 1. The van der Waals surface area contributed by atoms with Crippen molar-refractivity contribution in [2.75, 3.05) is 11.9 Å². The summed E-state index contributed by atoms with van der Waals surface area (Å²) in [5, 5.41) is 3.75. The normalized spacial score (nSPS) is 10.3. The summed E-state index contributed by atoms with van der Waals surface area (Å²) in [4.78, 5) is 24.0. The second kappa shape index (κ2) is 8.18. The molecule has 0 radical (unpaired) electrons. The van der Waals surface area contributed by atoms with Crippen LogP contribution in [0, 0.1) is 6.92 Å². The Hall–Kier alpha value is -2.04. The van der Waals surface area contributed by atoms with Crippen LogP contribution in [0.1, 0.15) is 29.3 Å².